The van der Waals surface area contributed by atoms with Crippen molar-refractivity contribution in [2.24, 2.45) is 0 Å². The van der Waals surface area contributed by atoms with E-state index in [1.165, 1.54) is 17.0 Å². The van der Waals surface area contributed by atoms with E-state index in [2.05, 4.69) is 5.32 Å². The molecule has 0 unspecified atom stereocenters. The number of nitrogens with one attached hydrogen (secondary N) is 1. The van der Waals surface area contributed by atoms with Gasteiger partial charge in [-0.15, -0.1) is 0 Å². The third-order valence-electron chi connectivity index (χ3n) is 5.07. The molecule has 34 heavy (non-hydrogen) atoms. The normalized spacial score (nSPS) is 12.6. The Morgan fingerprint density at radius 3 is 2.56 bits per heavy atom. The number of hydrogen-bond acceptors (Lipinski definition) is 5. The van der Waals surface area contributed by atoms with Crippen molar-refractivity contribution in [2.45, 2.75) is 13.5 Å². The molecule has 1 aliphatic heterocycles. The van der Waals surface area contributed by atoms with E-state index in [-0.39, 0.29) is 42.2 Å². The molecule has 1 heterocycles. The van der Waals surface area contributed by atoms with E-state index < -0.39 is 5.82 Å². The van der Waals surface area contributed by atoms with E-state index in [1.54, 1.807) is 48.5 Å². The van der Waals surface area contributed by atoms with Crippen molar-refractivity contribution in [3.8, 4) is 17.2 Å². The highest BCUT2D eigenvalue weighted by atomic mass is 35.5. The summed E-state index contributed by atoms with van der Waals surface area (Å²) in [6, 6.07) is 16.2. The molecule has 0 bridgehead atoms. The van der Waals surface area contributed by atoms with Gasteiger partial charge in [0.05, 0.1) is 18.8 Å². The molecule has 1 aliphatic rings. The van der Waals surface area contributed by atoms with Crippen molar-refractivity contribution in [2.75, 3.05) is 30.0 Å². The van der Waals surface area contributed by atoms with Crippen LogP contribution in [0.3, 0.4) is 0 Å². The van der Waals surface area contributed by atoms with Crippen LogP contribution in [-0.4, -0.2) is 31.6 Å². The smallest absolute Gasteiger partial charge is 0.265 e. The van der Waals surface area contributed by atoms with Gasteiger partial charge in [0.1, 0.15) is 23.1 Å². The predicted octanol–water partition coefficient (Wildman–Crippen LogP) is 4.82. The molecule has 0 atom stereocenters. The summed E-state index contributed by atoms with van der Waals surface area (Å²) in [4.78, 5) is 26.4. The van der Waals surface area contributed by atoms with E-state index in [9.17, 15) is 14.0 Å². The molecule has 0 saturated carbocycles. The van der Waals surface area contributed by atoms with Crippen LogP contribution < -0.4 is 24.4 Å². The molecule has 3 aromatic carbocycles. The van der Waals surface area contributed by atoms with Crippen LogP contribution in [0.25, 0.3) is 0 Å². The second kappa shape index (κ2) is 10.4. The van der Waals surface area contributed by atoms with Gasteiger partial charge in [0, 0.05) is 16.3 Å². The molecular formula is C25H22ClFN2O5. The molecule has 1 N–H and O–H groups in total. The molecule has 0 spiro atoms. The van der Waals surface area contributed by atoms with Crippen molar-refractivity contribution in [1.29, 1.82) is 0 Å². The van der Waals surface area contributed by atoms with Crippen LogP contribution in [-0.2, 0) is 16.1 Å². The number of carbonyl (C=O) groups excluding carboxylic acids is 2. The zero-order valence-electron chi connectivity index (χ0n) is 18.3. The second-order valence-electron chi connectivity index (χ2n) is 7.39. The number of hydrogen-bond donors (Lipinski definition) is 1. The number of carbonyl (C=O) groups is 2. The van der Waals surface area contributed by atoms with Gasteiger partial charge in [0.15, 0.2) is 13.2 Å². The minimum absolute atomic E-state index is 0.0705. The lowest BCUT2D eigenvalue weighted by Gasteiger charge is -2.30. The number of nitrogens with zero attached hydrogens (tertiary/aromatic N) is 1. The van der Waals surface area contributed by atoms with Crippen molar-refractivity contribution < 1.29 is 28.2 Å². The predicted molar refractivity (Wildman–Crippen MR) is 126 cm³/mol. The van der Waals surface area contributed by atoms with Gasteiger partial charge in [-0.05, 0) is 61.5 Å². The van der Waals surface area contributed by atoms with Gasteiger partial charge in [-0.2, -0.15) is 0 Å². The summed E-state index contributed by atoms with van der Waals surface area (Å²) in [6.07, 6.45) is 0. The van der Waals surface area contributed by atoms with Crippen LogP contribution in [0.4, 0.5) is 15.8 Å². The van der Waals surface area contributed by atoms with Gasteiger partial charge in [-0.3, -0.25) is 9.59 Å². The lowest BCUT2D eigenvalue weighted by atomic mass is 10.1. The molecule has 0 radical (unpaired) electrons. The highest BCUT2D eigenvalue weighted by molar-refractivity contribution is 6.31. The Bertz CT molecular complexity index is 1180. The lowest BCUT2D eigenvalue weighted by Crippen LogP contribution is -2.38. The quantitative estimate of drug-likeness (QED) is 0.496. The minimum atomic E-state index is -0.510. The van der Waals surface area contributed by atoms with Gasteiger partial charge in [-0.25, -0.2) is 4.39 Å². The molecular weight excluding hydrogens is 463 g/mol. The second-order valence-corrected chi connectivity index (χ2v) is 7.80. The minimum Gasteiger partial charge on any atom is -0.494 e. The van der Waals surface area contributed by atoms with Gasteiger partial charge in [-0.1, -0.05) is 17.7 Å². The van der Waals surface area contributed by atoms with Crippen LogP contribution >= 0.6 is 11.6 Å². The number of fused-ring (bicyclic) bond motifs is 1. The van der Waals surface area contributed by atoms with Gasteiger partial charge in [0.25, 0.3) is 11.8 Å². The molecule has 9 heteroatoms. The first-order valence-electron chi connectivity index (χ1n) is 10.6. The van der Waals surface area contributed by atoms with Crippen molar-refractivity contribution >= 4 is 34.8 Å². The third kappa shape index (κ3) is 5.40. The van der Waals surface area contributed by atoms with Crippen LogP contribution in [0, 0.1) is 5.82 Å². The van der Waals surface area contributed by atoms with Gasteiger partial charge < -0.3 is 24.4 Å². The van der Waals surface area contributed by atoms with Crippen molar-refractivity contribution in [3.05, 3.63) is 77.1 Å². The van der Waals surface area contributed by atoms with Crippen LogP contribution in [0.2, 0.25) is 5.02 Å². The van der Waals surface area contributed by atoms with Gasteiger partial charge >= 0.3 is 0 Å². The van der Waals surface area contributed by atoms with Gasteiger partial charge in [0.2, 0.25) is 0 Å². The number of benzene rings is 3. The molecule has 7 nitrogen and oxygen atoms in total. The highest BCUT2D eigenvalue weighted by Crippen LogP contribution is 2.36. The lowest BCUT2D eigenvalue weighted by molar-refractivity contribution is -0.121. The molecule has 0 aromatic heterocycles. The summed E-state index contributed by atoms with van der Waals surface area (Å²) >= 11 is 6.15. The fourth-order valence-electron chi connectivity index (χ4n) is 3.44. The zero-order valence-corrected chi connectivity index (χ0v) is 19.1. The highest BCUT2D eigenvalue weighted by Gasteiger charge is 2.27. The largest absolute Gasteiger partial charge is 0.494 e. The molecule has 2 amide bonds. The Morgan fingerprint density at radius 2 is 1.85 bits per heavy atom. The molecule has 3 aromatic rings. The summed E-state index contributed by atoms with van der Waals surface area (Å²) in [6.45, 7) is 1.99. The number of anilines is 2. The number of amides is 2. The average Bonchev–Trinajstić information content (AvgIpc) is 2.82. The van der Waals surface area contributed by atoms with Crippen molar-refractivity contribution in [1.82, 2.24) is 0 Å². The molecule has 176 valence electrons. The van der Waals surface area contributed by atoms with E-state index in [0.717, 1.165) is 0 Å². The number of halogens is 2. The zero-order chi connectivity index (χ0) is 24.1. The Morgan fingerprint density at radius 1 is 1.12 bits per heavy atom. The fourth-order valence-corrected chi connectivity index (χ4v) is 3.66. The van der Waals surface area contributed by atoms with E-state index in [1.807, 2.05) is 6.92 Å². The monoisotopic (exact) mass is 484 g/mol. The van der Waals surface area contributed by atoms with E-state index in [4.69, 9.17) is 25.8 Å². The average molecular weight is 485 g/mol. The van der Waals surface area contributed by atoms with E-state index >= 15 is 0 Å². The van der Waals surface area contributed by atoms with Crippen LogP contribution in [0.5, 0.6) is 17.2 Å². The first-order valence-corrected chi connectivity index (χ1v) is 11.0. The molecule has 4 rings (SSSR count). The summed E-state index contributed by atoms with van der Waals surface area (Å²) in [7, 11) is 0. The van der Waals surface area contributed by atoms with Crippen molar-refractivity contribution in [3.63, 3.8) is 0 Å². The standard InChI is InChI=1S/C25H22ClFN2O5/c1-2-32-17-7-9-18(10-8-17)33-14-24(30)28-16-6-11-23-22(12-16)29(25(31)15-34-23)13-19-20(26)4-3-5-21(19)27/h3-12H,2,13-15H2,1H3,(H,28,30). The first kappa shape index (κ1) is 23.4. The third-order valence-corrected chi connectivity index (χ3v) is 5.42. The Hall–Kier alpha value is -3.78. The molecule has 0 aliphatic carbocycles. The summed E-state index contributed by atoms with van der Waals surface area (Å²) in [5.41, 5.74) is 1.03. The topological polar surface area (TPSA) is 77.1 Å². The molecule has 0 saturated heterocycles. The van der Waals surface area contributed by atoms with E-state index in [0.29, 0.717) is 35.2 Å². The maximum atomic E-state index is 14.3. The molecule has 0 fully saturated rings. The van der Waals surface area contributed by atoms with Crippen LogP contribution in [0.1, 0.15) is 12.5 Å². The Labute approximate surface area is 201 Å². The summed E-state index contributed by atoms with van der Waals surface area (Å²) in [5, 5.41) is 2.95. The SMILES string of the molecule is CCOc1ccc(OCC(=O)Nc2ccc3c(c2)N(Cc2c(F)cccc2Cl)C(=O)CO3)cc1. The maximum Gasteiger partial charge on any atom is 0.265 e. The summed E-state index contributed by atoms with van der Waals surface area (Å²) < 4.78 is 30.7. The Balaban J connectivity index is 1.45. The first-order chi connectivity index (χ1) is 16.4. The number of ether oxygens (including phenoxy) is 3. The summed E-state index contributed by atoms with van der Waals surface area (Å²) in [5.74, 6) is 0.428. The maximum absolute atomic E-state index is 14.3. The Kier molecular flexibility index (Phi) is 7.18. The van der Waals surface area contributed by atoms with Crippen LogP contribution in [0.15, 0.2) is 60.7 Å². The number of rotatable bonds is 8. The fraction of sp³-hybridized carbons (Fsp3) is 0.200.